The second-order valence-electron chi connectivity index (χ2n) is 6.36. The minimum Gasteiger partial charge on any atom is -0.465 e. The lowest BCUT2D eigenvalue weighted by atomic mass is 9.93. The van der Waals surface area contributed by atoms with E-state index in [4.69, 9.17) is 0 Å². The van der Waals surface area contributed by atoms with Gasteiger partial charge in [0.25, 0.3) is 5.91 Å². The predicted octanol–water partition coefficient (Wildman–Crippen LogP) is 1.78. The van der Waals surface area contributed by atoms with Crippen LogP contribution in [-0.4, -0.2) is 42.1 Å². The van der Waals surface area contributed by atoms with Gasteiger partial charge in [-0.2, -0.15) is 0 Å². The summed E-state index contributed by atoms with van der Waals surface area (Å²) >= 11 is 0. The van der Waals surface area contributed by atoms with Gasteiger partial charge in [0.15, 0.2) is 0 Å². The lowest BCUT2D eigenvalue weighted by Gasteiger charge is -2.25. The Kier molecular flexibility index (Phi) is 6.91. The Bertz CT molecular complexity index is 688. The van der Waals surface area contributed by atoms with Gasteiger partial charge in [-0.3, -0.25) is 9.59 Å². The molecule has 1 aliphatic carbocycles. The maximum Gasteiger partial charge on any atom is 0.337 e. The summed E-state index contributed by atoms with van der Waals surface area (Å²) in [5.74, 6) is -1.17. The van der Waals surface area contributed by atoms with Crippen molar-refractivity contribution in [2.24, 2.45) is 0 Å². The smallest absolute Gasteiger partial charge is 0.337 e. The molecule has 1 aromatic rings. The molecule has 0 heterocycles. The van der Waals surface area contributed by atoms with Crippen LogP contribution in [0, 0.1) is 0 Å². The minimum absolute atomic E-state index is 0.0314. The number of aliphatic hydroxyl groups is 1. The Labute approximate surface area is 152 Å². The van der Waals surface area contributed by atoms with E-state index in [1.165, 1.54) is 13.2 Å². The van der Waals surface area contributed by atoms with Gasteiger partial charge < -0.3 is 20.5 Å². The average molecular weight is 360 g/mol. The fourth-order valence-electron chi connectivity index (χ4n) is 2.76. The maximum atomic E-state index is 12.2. The van der Waals surface area contributed by atoms with Crippen molar-refractivity contribution in [2.45, 2.75) is 44.8 Å². The minimum atomic E-state index is -0.453. The number of hydrogen-bond acceptors (Lipinski definition) is 5. The Morgan fingerprint density at radius 3 is 2.31 bits per heavy atom. The SMILES string of the molecule is COC(=O)c1ccc(NC(=O)/C(C)=C/C(=O)NC2CCC(O)CC2)cc1. The fraction of sp³-hybridized carbons (Fsp3) is 0.421. The van der Waals surface area contributed by atoms with E-state index < -0.39 is 11.9 Å². The van der Waals surface area contributed by atoms with Gasteiger partial charge in [0.1, 0.15) is 0 Å². The predicted molar refractivity (Wildman–Crippen MR) is 96.6 cm³/mol. The Balaban J connectivity index is 1.88. The van der Waals surface area contributed by atoms with Crippen molar-refractivity contribution in [1.29, 1.82) is 0 Å². The van der Waals surface area contributed by atoms with E-state index in [0.717, 1.165) is 12.8 Å². The van der Waals surface area contributed by atoms with Crippen molar-refractivity contribution in [1.82, 2.24) is 5.32 Å². The van der Waals surface area contributed by atoms with Crippen molar-refractivity contribution in [2.75, 3.05) is 12.4 Å². The number of anilines is 1. The summed E-state index contributed by atoms with van der Waals surface area (Å²) in [4.78, 5) is 35.6. The van der Waals surface area contributed by atoms with Crippen LogP contribution < -0.4 is 10.6 Å². The summed E-state index contributed by atoms with van der Waals surface area (Å²) < 4.78 is 4.61. The van der Waals surface area contributed by atoms with E-state index >= 15 is 0 Å². The molecule has 1 fully saturated rings. The molecular formula is C19H24N2O5. The van der Waals surface area contributed by atoms with Crippen LogP contribution in [0.25, 0.3) is 0 Å². The van der Waals surface area contributed by atoms with Gasteiger partial charge in [-0.1, -0.05) is 0 Å². The number of carbonyl (C=O) groups excluding carboxylic acids is 3. The number of rotatable bonds is 5. The molecule has 0 saturated heterocycles. The second-order valence-corrected chi connectivity index (χ2v) is 6.36. The van der Waals surface area contributed by atoms with Crippen molar-refractivity contribution in [3.05, 3.63) is 41.5 Å². The quantitative estimate of drug-likeness (QED) is 0.548. The number of nitrogens with one attached hydrogen (secondary N) is 2. The van der Waals surface area contributed by atoms with Crippen LogP contribution in [-0.2, 0) is 14.3 Å². The zero-order chi connectivity index (χ0) is 19.1. The van der Waals surface area contributed by atoms with Crippen molar-refractivity contribution in [3.8, 4) is 0 Å². The lowest BCUT2D eigenvalue weighted by molar-refractivity contribution is -0.118. The summed E-state index contributed by atoms with van der Waals surface area (Å²) in [5.41, 5.74) is 1.17. The molecule has 2 rings (SSSR count). The van der Waals surface area contributed by atoms with Gasteiger partial charge in [0, 0.05) is 23.4 Å². The first-order valence-corrected chi connectivity index (χ1v) is 8.55. The zero-order valence-electron chi connectivity index (χ0n) is 15.0. The van der Waals surface area contributed by atoms with Crippen molar-refractivity contribution >= 4 is 23.5 Å². The Morgan fingerprint density at radius 2 is 1.73 bits per heavy atom. The fourth-order valence-corrected chi connectivity index (χ4v) is 2.76. The molecule has 1 aromatic carbocycles. The Hall–Kier alpha value is -2.67. The number of hydrogen-bond donors (Lipinski definition) is 3. The molecule has 7 heteroatoms. The van der Waals surface area contributed by atoms with Crippen LogP contribution in [0.1, 0.15) is 43.0 Å². The molecule has 26 heavy (non-hydrogen) atoms. The first-order valence-electron chi connectivity index (χ1n) is 8.55. The van der Waals surface area contributed by atoms with E-state index in [1.54, 1.807) is 31.2 Å². The number of carbonyl (C=O) groups is 3. The van der Waals surface area contributed by atoms with E-state index in [-0.39, 0.29) is 23.6 Å². The van der Waals surface area contributed by atoms with E-state index in [1.807, 2.05) is 0 Å². The molecular weight excluding hydrogens is 336 g/mol. The van der Waals surface area contributed by atoms with Crippen LogP contribution in [0.15, 0.2) is 35.9 Å². The largest absolute Gasteiger partial charge is 0.465 e. The van der Waals surface area contributed by atoms with E-state index in [9.17, 15) is 19.5 Å². The highest BCUT2D eigenvalue weighted by Crippen LogP contribution is 2.18. The summed E-state index contributed by atoms with van der Waals surface area (Å²) in [6.07, 6.45) is 3.81. The summed E-state index contributed by atoms with van der Waals surface area (Å²) in [5, 5.41) is 15.0. The van der Waals surface area contributed by atoms with Gasteiger partial charge in [0.05, 0.1) is 18.8 Å². The maximum absolute atomic E-state index is 12.2. The topological polar surface area (TPSA) is 105 Å². The molecule has 0 unspecified atom stereocenters. The molecule has 0 spiro atoms. The van der Waals surface area contributed by atoms with Crippen LogP contribution in [0.5, 0.6) is 0 Å². The lowest BCUT2D eigenvalue weighted by Crippen LogP contribution is -2.38. The summed E-state index contributed by atoms with van der Waals surface area (Å²) in [7, 11) is 1.30. The van der Waals surface area contributed by atoms with Gasteiger partial charge in [-0.15, -0.1) is 0 Å². The molecule has 0 atom stereocenters. The third-order valence-corrected chi connectivity index (χ3v) is 4.31. The highest BCUT2D eigenvalue weighted by molar-refractivity contribution is 6.07. The number of aliphatic hydroxyl groups excluding tert-OH is 1. The molecule has 2 amide bonds. The number of esters is 1. The van der Waals surface area contributed by atoms with E-state index in [2.05, 4.69) is 15.4 Å². The van der Waals surface area contributed by atoms with Crippen LogP contribution >= 0.6 is 0 Å². The van der Waals surface area contributed by atoms with Crippen molar-refractivity contribution < 1.29 is 24.2 Å². The highest BCUT2D eigenvalue weighted by atomic mass is 16.5. The van der Waals surface area contributed by atoms with Crippen LogP contribution in [0.2, 0.25) is 0 Å². The number of benzene rings is 1. The van der Waals surface area contributed by atoms with Gasteiger partial charge in [0.2, 0.25) is 5.91 Å². The number of methoxy groups -OCH3 is 1. The third-order valence-electron chi connectivity index (χ3n) is 4.31. The molecule has 0 radical (unpaired) electrons. The number of amides is 2. The van der Waals surface area contributed by atoms with Crippen LogP contribution in [0.4, 0.5) is 5.69 Å². The van der Waals surface area contributed by atoms with Gasteiger partial charge in [-0.05, 0) is 56.9 Å². The monoisotopic (exact) mass is 360 g/mol. The normalized spacial score (nSPS) is 20.2. The first kappa shape index (κ1) is 19.7. The molecule has 0 aromatic heterocycles. The standard InChI is InChI=1S/C19H24N2O5/c1-12(11-17(23)20-14-7-9-16(22)10-8-14)18(24)21-15-5-3-13(4-6-15)19(25)26-2/h3-6,11,14,16,22H,7-10H2,1-2H3,(H,20,23)(H,21,24)/b12-11+. The number of ether oxygens (including phenoxy) is 1. The summed E-state index contributed by atoms with van der Waals surface area (Å²) in [6.45, 7) is 1.56. The zero-order valence-corrected chi connectivity index (χ0v) is 15.0. The molecule has 1 aliphatic rings. The summed E-state index contributed by atoms with van der Waals surface area (Å²) in [6, 6.07) is 6.30. The molecule has 0 aliphatic heterocycles. The highest BCUT2D eigenvalue weighted by Gasteiger charge is 2.20. The average Bonchev–Trinajstić information content (AvgIpc) is 2.63. The third kappa shape index (κ3) is 5.70. The van der Waals surface area contributed by atoms with Crippen LogP contribution in [0.3, 0.4) is 0 Å². The molecule has 1 saturated carbocycles. The molecule has 7 nitrogen and oxygen atoms in total. The van der Waals surface area contributed by atoms with Crippen molar-refractivity contribution in [3.63, 3.8) is 0 Å². The Morgan fingerprint density at radius 1 is 1.12 bits per heavy atom. The molecule has 140 valence electrons. The first-order chi connectivity index (χ1) is 12.4. The molecule has 0 bridgehead atoms. The van der Waals surface area contributed by atoms with Gasteiger partial charge >= 0.3 is 5.97 Å². The second kappa shape index (κ2) is 9.15. The molecule has 3 N–H and O–H groups in total. The van der Waals surface area contributed by atoms with E-state index in [0.29, 0.717) is 24.1 Å². The van der Waals surface area contributed by atoms with Gasteiger partial charge in [-0.25, -0.2) is 4.79 Å².